The lowest BCUT2D eigenvalue weighted by Crippen LogP contribution is -2.32. The van der Waals surface area contributed by atoms with Gasteiger partial charge in [0, 0.05) is 32.2 Å². The van der Waals surface area contributed by atoms with Crippen LogP contribution < -0.4 is 4.90 Å². The number of ether oxygens (including phenoxy) is 2. The lowest BCUT2D eigenvalue weighted by Gasteiger charge is -2.34. The lowest BCUT2D eigenvalue weighted by molar-refractivity contribution is 0.190. The Morgan fingerprint density at radius 1 is 1.15 bits per heavy atom. The van der Waals surface area contributed by atoms with Crippen LogP contribution in [0, 0.1) is 11.3 Å². The first-order valence-electron chi connectivity index (χ1n) is 9.55. The van der Waals surface area contributed by atoms with Crippen LogP contribution in [0.2, 0.25) is 5.28 Å². The zero-order valence-electron chi connectivity index (χ0n) is 17.0. The Balaban J connectivity index is 2.04. The Bertz CT molecular complexity index is 780. The Morgan fingerprint density at radius 2 is 1.81 bits per heavy atom. The highest BCUT2D eigenvalue weighted by molar-refractivity contribution is 7.19. The van der Waals surface area contributed by atoms with E-state index in [0.29, 0.717) is 29.8 Å². The van der Waals surface area contributed by atoms with Crippen LogP contribution in [0.5, 0.6) is 0 Å². The van der Waals surface area contributed by atoms with Crippen LogP contribution in [-0.4, -0.2) is 50.5 Å². The highest BCUT2D eigenvalue weighted by atomic mass is 35.5. The fourth-order valence-electron chi connectivity index (χ4n) is 3.83. The summed E-state index contributed by atoms with van der Waals surface area (Å²) in [6.45, 7) is 9.78. The smallest absolute Gasteiger partial charge is 0.225 e. The maximum absolute atomic E-state index is 6.30. The van der Waals surface area contributed by atoms with Gasteiger partial charge in [-0.3, -0.25) is 0 Å². The third-order valence-corrected chi connectivity index (χ3v) is 6.83. The average Bonchev–Trinajstić information content (AvgIpc) is 2.97. The Kier molecular flexibility index (Phi) is 6.62. The van der Waals surface area contributed by atoms with Gasteiger partial charge in [0.25, 0.3) is 0 Å². The zero-order valence-corrected chi connectivity index (χ0v) is 18.5. The Labute approximate surface area is 171 Å². The molecule has 0 spiro atoms. The van der Waals surface area contributed by atoms with Crippen molar-refractivity contribution in [3.05, 3.63) is 15.7 Å². The van der Waals surface area contributed by atoms with E-state index in [4.69, 9.17) is 21.1 Å². The van der Waals surface area contributed by atoms with E-state index in [-0.39, 0.29) is 0 Å². The van der Waals surface area contributed by atoms with Gasteiger partial charge in [0.1, 0.15) is 10.6 Å². The van der Waals surface area contributed by atoms with Crippen molar-refractivity contribution in [2.75, 3.05) is 45.4 Å². The van der Waals surface area contributed by atoms with E-state index in [1.165, 1.54) is 22.2 Å². The average molecular weight is 412 g/mol. The van der Waals surface area contributed by atoms with Gasteiger partial charge in [-0.05, 0) is 47.8 Å². The molecule has 2 aromatic rings. The number of anilines is 1. The van der Waals surface area contributed by atoms with Gasteiger partial charge in [-0.25, -0.2) is 4.98 Å². The van der Waals surface area contributed by atoms with E-state index in [2.05, 4.69) is 35.6 Å². The number of aromatic nitrogens is 2. The van der Waals surface area contributed by atoms with Gasteiger partial charge >= 0.3 is 0 Å². The van der Waals surface area contributed by atoms with Crippen molar-refractivity contribution in [2.45, 2.75) is 40.0 Å². The molecule has 0 saturated carbocycles. The summed E-state index contributed by atoms with van der Waals surface area (Å²) in [5, 5.41) is 1.49. The predicted molar refractivity (Wildman–Crippen MR) is 113 cm³/mol. The molecule has 5 nitrogen and oxygen atoms in total. The van der Waals surface area contributed by atoms with Gasteiger partial charge in [0.15, 0.2) is 0 Å². The van der Waals surface area contributed by atoms with E-state index >= 15 is 0 Å². The third kappa shape index (κ3) is 4.56. The van der Waals surface area contributed by atoms with Gasteiger partial charge in [-0.1, -0.05) is 20.8 Å². The summed E-state index contributed by atoms with van der Waals surface area (Å²) in [6, 6.07) is 0. The molecular weight excluding hydrogens is 382 g/mol. The van der Waals surface area contributed by atoms with Crippen molar-refractivity contribution in [1.82, 2.24) is 9.97 Å². The monoisotopic (exact) mass is 411 g/mol. The minimum Gasteiger partial charge on any atom is -0.383 e. The van der Waals surface area contributed by atoms with Crippen molar-refractivity contribution in [3.8, 4) is 0 Å². The van der Waals surface area contributed by atoms with E-state index in [1.807, 2.05) is 0 Å². The molecule has 0 amide bonds. The van der Waals surface area contributed by atoms with Crippen LogP contribution in [0.25, 0.3) is 10.2 Å². The molecule has 1 aliphatic carbocycles. The van der Waals surface area contributed by atoms with Crippen molar-refractivity contribution in [1.29, 1.82) is 0 Å². The number of hydrogen-bond donors (Lipinski definition) is 0. The quantitative estimate of drug-likeness (QED) is 0.623. The van der Waals surface area contributed by atoms with Gasteiger partial charge in [0.05, 0.1) is 18.6 Å². The fraction of sp³-hybridized carbons (Fsp3) is 0.700. The fourth-order valence-corrected chi connectivity index (χ4v) is 5.34. The molecule has 0 radical (unpaired) electrons. The summed E-state index contributed by atoms with van der Waals surface area (Å²) in [4.78, 5) is 13.9. The Hall–Kier alpha value is -0.950. The number of nitrogens with zero attached hydrogens (tertiary/aromatic N) is 3. The molecule has 2 aromatic heterocycles. The summed E-state index contributed by atoms with van der Waals surface area (Å²) in [5.41, 5.74) is 1.74. The first kappa shape index (κ1) is 20.8. The summed E-state index contributed by atoms with van der Waals surface area (Å²) < 4.78 is 10.6. The van der Waals surface area contributed by atoms with Crippen LogP contribution in [-0.2, 0) is 22.3 Å². The van der Waals surface area contributed by atoms with Crippen molar-refractivity contribution in [3.63, 3.8) is 0 Å². The summed E-state index contributed by atoms with van der Waals surface area (Å²) >= 11 is 8.08. The summed E-state index contributed by atoms with van der Waals surface area (Å²) in [6.07, 6.45) is 3.41. The van der Waals surface area contributed by atoms with Crippen LogP contribution in [0.15, 0.2) is 0 Å². The lowest BCUT2D eigenvalue weighted by atomic mass is 9.72. The van der Waals surface area contributed by atoms with Crippen molar-refractivity contribution in [2.24, 2.45) is 11.3 Å². The number of thiophene rings is 1. The van der Waals surface area contributed by atoms with E-state index < -0.39 is 0 Å². The maximum atomic E-state index is 6.30. The number of aryl methyl sites for hydroxylation is 1. The van der Waals surface area contributed by atoms with E-state index in [1.54, 1.807) is 25.6 Å². The second-order valence-electron chi connectivity index (χ2n) is 8.28. The van der Waals surface area contributed by atoms with Crippen LogP contribution in [0.1, 0.15) is 37.6 Å². The van der Waals surface area contributed by atoms with Crippen molar-refractivity contribution < 1.29 is 9.47 Å². The molecule has 3 rings (SSSR count). The molecule has 1 atom stereocenters. The minimum atomic E-state index is 0.309. The molecule has 2 heterocycles. The third-order valence-electron chi connectivity index (χ3n) is 5.52. The summed E-state index contributed by atoms with van der Waals surface area (Å²) in [5.74, 6) is 1.62. The van der Waals surface area contributed by atoms with Gasteiger partial charge in [-0.2, -0.15) is 4.98 Å². The highest BCUT2D eigenvalue weighted by Gasteiger charge is 2.32. The second kappa shape index (κ2) is 8.60. The summed E-state index contributed by atoms with van der Waals surface area (Å²) in [7, 11) is 3.44. The number of halogens is 1. The normalized spacial score (nSPS) is 17.3. The standard InChI is InChI=1S/C20H30ClN3O2S/c1-20(2,3)13-6-7-14-15(12-13)27-18-16(14)17(22-19(21)23-18)24(8-10-25-4)9-11-26-5/h13H,6-12H2,1-5H3. The molecule has 0 aliphatic heterocycles. The Morgan fingerprint density at radius 3 is 2.41 bits per heavy atom. The largest absolute Gasteiger partial charge is 0.383 e. The van der Waals surface area contributed by atoms with Gasteiger partial charge < -0.3 is 14.4 Å². The molecule has 27 heavy (non-hydrogen) atoms. The van der Waals surface area contributed by atoms with Crippen molar-refractivity contribution >= 4 is 39.0 Å². The number of hydrogen-bond acceptors (Lipinski definition) is 6. The molecule has 0 bridgehead atoms. The van der Waals surface area contributed by atoms with Crippen LogP contribution >= 0.6 is 22.9 Å². The molecule has 150 valence electrons. The van der Waals surface area contributed by atoms with Crippen LogP contribution in [0.4, 0.5) is 5.82 Å². The molecule has 0 N–H and O–H groups in total. The first-order chi connectivity index (χ1) is 12.8. The molecule has 0 saturated heterocycles. The first-order valence-corrected chi connectivity index (χ1v) is 10.7. The second-order valence-corrected chi connectivity index (χ2v) is 9.70. The molecule has 7 heteroatoms. The number of fused-ring (bicyclic) bond motifs is 3. The van der Waals surface area contributed by atoms with Gasteiger partial charge in [0.2, 0.25) is 5.28 Å². The number of rotatable bonds is 7. The maximum Gasteiger partial charge on any atom is 0.225 e. The zero-order chi connectivity index (χ0) is 19.6. The molecule has 0 aromatic carbocycles. The van der Waals surface area contributed by atoms with E-state index in [0.717, 1.165) is 36.6 Å². The molecule has 0 fully saturated rings. The number of methoxy groups -OCH3 is 2. The topological polar surface area (TPSA) is 47.5 Å². The molecule has 1 unspecified atom stereocenters. The molecule has 1 aliphatic rings. The van der Waals surface area contributed by atoms with E-state index in [9.17, 15) is 0 Å². The highest BCUT2D eigenvalue weighted by Crippen LogP contribution is 2.45. The molecular formula is C20H30ClN3O2S. The SMILES string of the molecule is COCCN(CCOC)c1nc(Cl)nc2sc3c(c12)CCC(C(C)(C)C)C3. The predicted octanol–water partition coefficient (Wildman–Crippen LogP) is 4.59. The minimum absolute atomic E-state index is 0.309. The van der Waals surface area contributed by atoms with Gasteiger partial charge in [-0.15, -0.1) is 11.3 Å². The van der Waals surface area contributed by atoms with Crippen LogP contribution in [0.3, 0.4) is 0 Å².